The van der Waals surface area contributed by atoms with Gasteiger partial charge in [-0.05, 0) is 68.0 Å². The lowest BCUT2D eigenvalue weighted by Crippen LogP contribution is -2.09. The second-order valence-electron chi connectivity index (χ2n) is 8.79. The highest BCUT2D eigenvalue weighted by Gasteiger charge is 2.15. The van der Waals surface area contributed by atoms with Crippen LogP contribution < -0.4 is 10.5 Å². The van der Waals surface area contributed by atoms with E-state index in [1.165, 1.54) is 0 Å². The van der Waals surface area contributed by atoms with Gasteiger partial charge in [0.2, 0.25) is 0 Å². The first-order chi connectivity index (χ1) is 17.0. The van der Waals surface area contributed by atoms with Gasteiger partial charge in [-0.25, -0.2) is 0 Å². The van der Waals surface area contributed by atoms with Gasteiger partial charge in [0.05, 0.1) is 19.6 Å². The third kappa shape index (κ3) is 6.10. The summed E-state index contributed by atoms with van der Waals surface area (Å²) in [4.78, 5) is 14.1. The molecule has 182 valence electrons. The van der Waals surface area contributed by atoms with Crippen molar-refractivity contribution in [1.82, 2.24) is 4.90 Å². The van der Waals surface area contributed by atoms with Crippen LogP contribution in [0.15, 0.2) is 71.1 Å². The van der Waals surface area contributed by atoms with E-state index in [1.807, 2.05) is 50.5 Å². The molecule has 6 heteroatoms. The van der Waals surface area contributed by atoms with Gasteiger partial charge < -0.3 is 24.5 Å². The topological polar surface area (TPSA) is 77.9 Å². The van der Waals surface area contributed by atoms with Crippen molar-refractivity contribution in [2.75, 3.05) is 20.7 Å². The largest absolute Gasteiger partial charge is 0.489 e. The molecule has 0 spiro atoms. The van der Waals surface area contributed by atoms with Gasteiger partial charge in [-0.2, -0.15) is 0 Å². The lowest BCUT2D eigenvalue weighted by Gasteiger charge is -2.13. The van der Waals surface area contributed by atoms with Crippen LogP contribution in [0.3, 0.4) is 0 Å². The number of nitrogens with zero attached hydrogens (tertiary/aromatic N) is 1. The first kappa shape index (κ1) is 24.5. The Kier molecular flexibility index (Phi) is 7.85. The molecule has 0 aliphatic carbocycles. The summed E-state index contributed by atoms with van der Waals surface area (Å²) in [5.41, 5.74) is 11.7. The van der Waals surface area contributed by atoms with Crippen molar-refractivity contribution in [1.29, 1.82) is 0 Å². The summed E-state index contributed by atoms with van der Waals surface area (Å²) in [6.45, 7) is 3.70. The zero-order chi connectivity index (χ0) is 24.8. The molecule has 0 saturated heterocycles. The maximum Gasteiger partial charge on any atom is 0.310 e. The molecule has 0 unspecified atom stereocenters. The maximum absolute atomic E-state index is 12.0. The van der Waals surface area contributed by atoms with Crippen molar-refractivity contribution >= 4 is 16.9 Å². The first-order valence-corrected chi connectivity index (χ1v) is 11.8. The van der Waals surface area contributed by atoms with Crippen LogP contribution in [0.5, 0.6) is 5.75 Å². The van der Waals surface area contributed by atoms with Gasteiger partial charge >= 0.3 is 5.97 Å². The summed E-state index contributed by atoms with van der Waals surface area (Å²) in [5.74, 6) is 1.31. The summed E-state index contributed by atoms with van der Waals surface area (Å²) in [7, 11) is 4.04. The van der Waals surface area contributed by atoms with Crippen molar-refractivity contribution in [3.63, 3.8) is 0 Å². The summed E-state index contributed by atoms with van der Waals surface area (Å²) in [6, 6.07) is 22.1. The zero-order valence-electron chi connectivity index (χ0n) is 20.5. The molecular weight excluding hydrogens is 440 g/mol. The number of carbonyl (C=O) groups is 1. The Bertz CT molecular complexity index is 1310. The zero-order valence-corrected chi connectivity index (χ0v) is 20.5. The average molecular weight is 473 g/mol. The smallest absolute Gasteiger partial charge is 0.310 e. The fourth-order valence-electron chi connectivity index (χ4n) is 4.14. The van der Waals surface area contributed by atoms with Crippen molar-refractivity contribution < 1.29 is 18.7 Å². The van der Waals surface area contributed by atoms with E-state index in [0.29, 0.717) is 32.1 Å². The molecule has 0 bridgehead atoms. The Morgan fingerprint density at radius 1 is 1.00 bits per heavy atom. The van der Waals surface area contributed by atoms with Crippen LogP contribution >= 0.6 is 0 Å². The molecule has 1 heterocycles. The number of benzene rings is 3. The quantitative estimate of drug-likeness (QED) is 0.315. The highest BCUT2D eigenvalue weighted by atomic mass is 16.5. The minimum Gasteiger partial charge on any atom is -0.489 e. The van der Waals surface area contributed by atoms with Crippen LogP contribution in [0.25, 0.3) is 22.1 Å². The summed E-state index contributed by atoms with van der Waals surface area (Å²) < 4.78 is 17.6. The summed E-state index contributed by atoms with van der Waals surface area (Å²) in [6.07, 6.45) is 0.176. The Hall–Kier alpha value is -3.61. The monoisotopic (exact) mass is 472 g/mol. The van der Waals surface area contributed by atoms with Crippen molar-refractivity contribution in [3.05, 3.63) is 89.2 Å². The molecule has 3 aromatic carbocycles. The van der Waals surface area contributed by atoms with Gasteiger partial charge in [0.1, 0.15) is 23.7 Å². The lowest BCUT2D eigenvalue weighted by molar-refractivity contribution is -0.142. The van der Waals surface area contributed by atoms with Gasteiger partial charge in [-0.1, -0.05) is 36.4 Å². The average Bonchev–Trinajstić information content (AvgIpc) is 3.24. The minimum atomic E-state index is -0.265. The second-order valence-corrected chi connectivity index (χ2v) is 8.79. The number of ether oxygens (including phenoxy) is 2. The number of hydrogen-bond acceptors (Lipinski definition) is 6. The standard InChI is InChI=1S/C29H32N2O4/c1-4-33-28(32)16-23-9-5-6-11-27(23)34-19-21-13-24-15-25(18-31(2)3)35-29(24)26(14-21)22-10-7-8-20(12-22)17-30/h5-15H,4,16-19,30H2,1-3H3. The number of hydrogen-bond donors (Lipinski definition) is 1. The van der Waals surface area contributed by atoms with Crippen LogP contribution in [0, 0.1) is 0 Å². The molecule has 0 radical (unpaired) electrons. The number of para-hydroxylation sites is 1. The molecular formula is C29H32N2O4. The number of fused-ring (bicyclic) bond motifs is 1. The Morgan fingerprint density at radius 3 is 2.60 bits per heavy atom. The van der Waals surface area contributed by atoms with E-state index >= 15 is 0 Å². The van der Waals surface area contributed by atoms with Crippen LogP contribution in [0.4, 0.5) is 0 Å². The SMILES string of the molecule is CCOC(=O)Cc1ccccc1OCc1cc(-c2cccc(CN)c2)c2oc(CN(C)C)cc2c1. The maximum atomic E-state index is 12.0. The van der Waals surface area contributed by atoms with E-state index in [0.717, 1.165) is 44.5 Å². The van der Waals surface area contributed by atoms with Crippen molar-refractivity contribution in [3.8, 4) is 16.9 Å². The van der Waals surface area contributed by atoms with Gasteiger partial charge in [0.25, 0.3) is 0 Å². The van der Waals surface area contributed by atoms with Crippen LogP contribution in [0.2, 0.25) is 0 Å². The first-order valence-electron chi connectivity index (χ1n) is 11.8. The molecule has 1 aromatic heterocycles. The molecule has 35 heavy (non-hydrogen) atoms. The number of nitrogens with two attached hydrogens (primary N) is 1. The van der Waals surface area contributed by atoms with Crippen LogP contribution in [-0.4, -0.2) is 31.6 Å². The van der Waals surface area contributed by atoms with E-state index in [4.69, 9.17) is 19.6 Å². The third-order valence-electron chi connectivity index (χ3n) is 5.68. The molecule has 4 aromatic rings. The van der Waals surface area contributed by atoms with Gasteiger partial charge in [-0.3, -0.25) is 4.79 Å². The molecule has 6 nitrogen and oxygen atoms in total. The van der Waals surface area contributed by atoms with E-state index in [9.17, 15) is 4.79 Å². The van der Waals surface area contributed by atoms with E-state index < -0.39 is 0 Å². The van der Waals surface area contributed by atoms with E-state index in [1.54, 1.807) is 6.92 Å². The van der Waals surface area contributed by atoms with Gasteiger partial charge in [0, 0.05) is 23.1 Å². The fraction of sp³-hybridized carbons (Fsp3) is 0.276. The molecule has 4 rings (SSSR count). The Labute approximate surface area is 206 Å². The van der Waals surface area contributed by atoms with Crippen molar-refractivity contribution in [2.45, 2.75) is 33.0 Å². The summed E-state index contributed by atoms with van der Waals surface area (Å²) in [5, 5.41) is 1.02. The second kappa shape index (κ2) is 11.2. The predicted octanol–water partition coefficient (Wildman–Crippen LogP) is 5.30. The highest BCUT2D eigenvalue weighted by Crippen LogP contribution is 2.34. The normalized spacial score (nSPS) is 11.2. The van der Waals surface area contributed by atoms with Crippen LogP contribution in [0.1, 0.15) is 29.4 Å². The minimum absolute atomic E-state index is 0.176. The fourth-order valence-corrected chi connectivity index (χ4v) is 4.14. The number of esters is 1. The number of furan rings is 1. The number of carbonyl (C=O) groups excluding carboxylic acids is 1. The van der Waals surface area contributed by atoms with E-state index in [-0.39, 0.29) is 12.4 Å². The van der Waals surface area contributed by atoms with E-state index in [2.05, 4.69) is 35.2 Å². The van der Waals surface area contributed by atoms with Crippen molar-refractivity contribution in [2.24, 2.45) is 5.73 Å². The predicted molar refractivity (Wildman–Crippen MR) is 138 cm³/mol. The Balaban J connectivity index is 1.68. The molecule has 0 saturated carbocycles. The molecule has 0 aliphatic heterocycles. The third-order valence-corrected chi connectivity index (χ3v) is 5.68. The molecule has 0 fully saturated rings. The Morgan fingerprint density at radius 2 is 1.83 bits per heavy atom. The molecule has 2 N–H and O–H groups in total. The molecule has 0 aliphatic rings. The highest BCUT2D eigenvalue weighted by molar-refractivity contribution is 5.93. The molecule has 0 amide bonds. The lowest BCUT2D eigenvalue weighted by atomic mass is 9.99. The van der Waals surface area contributed by atoms with Gasteiger partial charge in [-0.15, -0.1) is 0 Å². The number of rotatable bonds is 10. The summed E-state index contributed by atoms with van der Waals surface area (Å²) >= 11 is 0. The van der Waals surface area contributed by atoms with Crippen LogP contribution in [-0.2, 0) is 35.6 Å². The van der Waals surface area contributed by atoms with Gasteiger partial charge in [0.15, 0.2) is 0 Å². The molecule has 0 atom stereocenters.